The maximum atomic E-state index is 12.2. The molecule has 0 unspecified atom stereocenters. The molecule has 0 spiro atoms. The van der Waals surface area contributed by atoms with Crippen LogP contribution in [0, 0.1) is 0 Å². The molecule has 28 heavy (non-hydrogen) atoms. The number of aromatic hydroxyl groups is 1. The normalized spacial score (nSPS) is 11.1. The summed E-state index contributed by atoms with van der Waals surface area (Å²) in [4.78, 5) is 23.7. The van der Waals surface area contributed by atoms with E-state index in [2.05, 4.69) is 0 Å². The van der Waals surface area contributed by atoms with Crippen LogP contribution in [-0.4, -0.2) is 35.7 Å². The Bertz CT molecular complexity index is 829. The number of hydrogen-bond acceptors (Lipinski definition) is 6. The Kier molecular flexibility index (Phi) is 7.43. The van der Waals surface area contributed by atoms with E-state index < -0.39 is 11.6 Å². The molecule has 0 aliphatic rings. The Balaban J connectivity index is 1.78. The zero-order chi connectivity index (χ0) is 20.7. The van der Waals surface area contributed by atoms with Crippen LogP contribution >= 0.6 is 11.6 Å². The first-order chi connectivity index (χ1) is 13.2. The van der Waals surface area contributed by atoms with Crippen LogP contribution in [0.15, 0.2) is 42.5 Å². The molecule has 7 heteroatoms. The lowest BCUT2D eigenvalue weighted by molar-refractivity contribution is -0.160. The number of rotatable bonds is 9. The van der Waals surface area contributed by atoms with Gasteiger partial charge in [-0.1, -0.05) is 23.7 Å². The quantitative estimate of drug-likeness (QED) is 0.382. The Hall–Kier alpha value is -2.57. The molecule has 2 aromatic carbocycles. The summed E-state index contributed by atoms with van der Waals surface area (Å²) in [6.45, 7) is 4.85. The first-order valence-electron chi connectivity index (χ1n) is 8.72. The number of carbonyl (C=O) groups excluding carboxylic acids is 2. The summed E-state index contributed by atoms with van der Waals surface area (Å²) in [5.74, 6) is -0.350. The van der Waals surface area contributed by atoms with Crippen LogP contribution in [0.4, 0.5) is 0 Å². The molecule has 0 bridgehead atoms. The molecule has 0 fully saturated rings. The Labute approximate surface area is 169 Å². The van der Waals surface area contributed by atoms with Gasteiger partial charge >= 0.3 is 5.97 Å². The van der Waals surface area contributed by atoms with Crippen molar-refractivity contribution in [3.63, 3.8) is 0 Å². The van der Waals surface area contributed by atoms with Gasteiger partial charge in [0, 0.05) is 10.6 Å². The third-order valence-electron chi connectivity index (χ3n) is 3.90. The molecular formula is C21H23ClO6. The summed E-state index contributed by atoms with van der Waals surface area (Å²) >= 11 is 5.83. The number of Topliss-reactive ketones (excluding diaryl/α,β-unsaturated/α-hetero) is 1. The van der Waals surface area contributed by atoms with Crippen LogP contribution < -0.4 is 4.74 Å². The van der Waals surface area contributed by atoms with E-state index in [0.29, 0.717) is 16.3 Å². The van der Waals surface area contributed by atoms with Gasteiger partial charge < -0.3 is 19.3 Å². The van der Waals surface area contributed by atoms with Crippen molar-refractivity contribution in [1.82, 2.24) is 0 Å². The number of esters is 1. The average Bonchev–Trinajstić information content (AvgIpc) is 2.64. The maximum absolute atomic E-state index is 12.2. The minimum absolute atomic E-state index is 0.0272. The van der Waals surface area contributed by atoms with Gasteiger partial charge in [-0.3, -0.25) is 4.79 Å². The first-order valence-corrected chi connectivity index (χ1v) is 9.10. The average molecular weight is 407 g/mol. The predicted octanol–water partition coefficient (Wildman–Crippen LogP) is 4.17. The summed E-state index contributed by atoms with van der Waals surface area (Å²) in [7, 11) is 0. The number of ketones is 1. The van der Waals surface area contributed by atoms with E-state index in [4.69, 9.17) is 25.8 Å². The van der Waals surface area contributed by atoms with Crippen molar-refractivity contribution < 1.29 is 28.9 Å². The van der Waals surface area contributed by atoms with Crippen molar-refractivity contribution in [1.29, 1.82) is 0 Å². The van der Waals surface area contributed by atoms with Gasteiger partial charge in [-0.2, -0.15) is 0 Å². The van der Waals surface area contributed by atoms with E-state index >= 15 is 0 Å². The molecule has 2 rings (SSSR count). The molecule has 1 N–H and O–H groups in total. The minimum atomic E-state index is -1.18. The Morgan fingerprint density at radius 2 is 1.75 bits per heavy atom. The van der Waals surface area contributed by atoms with Crippen molar-refractivity contribution >= 4 is 23.4 Å². The van der Waals surface area contributed by atoms with E-state index in [0.717, 1.165) is 0 Å². The van der Waals surface area contributed by atoms with E-state index in [1.165, 1.54) is 6.92 Å². The number of hydrogen-bond donors (Lipinski definition) is 1. The summed E-state index contributed by atoms with van der Waals surface area (Å²) in [6, 6.07) is 11.6. The van der Waals surface area contributed by atoms with Gasteiger partial charge in [0.2, 0.25) is 0 Å². The molecule has 0 saturated carbocycles. The Morgan fingerprint density at radius 3 is 2.39 bits per heavy atom. The van der Waals surface area contributed by atoms with E-state index in [1.807, 2.05) is 0 Å². The summed E-state index contributed by atoms with van der Waals surface area (Å²) in [6.07, 6.45) is 0. The van der Waals surface area contributed by atoms with Gasteiger partial charge in [-0.25, -0.2) is 4.79 Å². The van der Waals surface area contributed by atoms with Crippen LogP contribution in [0.5, 0.6) is 11.5 Å². The number of para-hydroxylation sites is 1. The molecule has 0 radical (unpaired) electrons. The van der Waals surface area contributed by atoms with Crippen LogP contribution in [-0.2, 0) is 20.9 Å². The summed E-state index contributed by atoms with van der Waals surface area (Å²) < 4.78 is 16.3. The standard InChI is InChI=1S/C21H23ClO6/c1-14(23)18-6-4-5-15(19(18)24)13-26-11-12-27-20(25)21(2,3)28-17-9-7-16(22)8-10-17/h4-10,24H,11-13H2,1-3H3. The second-order valence-corrected chi connectivity index (χ2v) is 7.06. The van der Waals surface area contributed by atoms with Crippen LogP contribution in [0.1, 0.15) is 36.7 Å². The second-order valence-electron chi connectivity index (χ2n) is 6.62. The number of phenolic OH excluding ortho intramolecular Hbond substituents is 1. The highest BCUT2D eigenvalue weighted by Gasteiger charge is 2.31. The third kappa shape index (κ3) is 5.97. The molecule has 150 valence electrons. The lowest BCUT2D eigenvalue weighted by atomic mass is 10.1. The first kappa shape index (κ1) is 21.7. The highest BCUT2D eigenvalue weighted by Crippen LogP contribution is 2.24. The maximum Gasteiger partial charge on any atom is 0.349 e. The van der Waals surface area contributed by atoms with E-state index in [9.17, 15) is 14.7 Å². The van der Waals surface area contributed by atoms with Gasteiger partial charge in [0.05, 0.1) is 18.8 Å². The van der Waals surface area contributed by atoms with Crippen molar-refractivity contribution in [2.75, 3.05) is 13.2 Å². The summed E-state index contributed by atoms with van der Waals surface area (Å²) in [5, 5.41) is 10.6. The number of benzene rings is 2. The zero-order valence-corrected chi connectivity index (χ0v) is 16.8. The molecule has 2 aromatic rings. The summed E-state index contributed by atoms with van der Waals surface area (Å²) in [5.41, 5.74) is -0.443. The third-order valence-corrected chi connectivity index (χ3v) is 4.15. The topological polar surface area (TPSA) is 82.1 Å². The van der Waals surface area contributed by atoms with E-state index in [1.54, 1.807) is 56.3 Å². The molecule has 0 saturated heterocycles. The largest absolute Gasteiger partial charge is 0.507 e. The monoisotopic (exact) mass is 406 g/mol. The van der Waals surface area contributed by atoms with Crippen molar-refractivity contribution in [3.05, 3.63) is 58.6 Å². The van der Waals surface area contributed by atoms with E-state index in [-0.39, 0.29) is 36.9 Å². The SMILES string of the molecule is CC(=O)c1cccc(COCCOC(=O)C(C)(C)Oc2ccc(Cl)cc2)c1O. The van der Waals surface area contributed by atoms with Gasteiger partial charge in [-0.05, 0) is 51.1 Å². The van der Waals surface area contributed by atoms with Crippen LogP contribution in [0.25, 0.3) is 0 Å². The smallest absolute Gasteiger partial charge is 0.349 e. The highest BCUT2D eigenvalue weighted by molar-refractivity contribution is 6.30. The number of phenols is 1. The van der Waals surface area contributed by atoms with Crippen molar-refractivity contribution in [2.45, 2.75) is 33.0 Å². The number of ether oxygens (including phenoxy) is 3. The number of carbonyl (C=O) groups is 2. The molecule has 0 heterocycles. The van der Waals surface area contributed by atoms with Gasteiger partial charge in [0.25, 0.3) is 0 Å². The Morgan fingerprint density at radius 1 is 1.07 bits per heavy atom. The molecule has 0 aliphatic heterocycles. The molecular weight excluding hydrogens is 384 g/mol. The molecule has 0 aliphatic carbocycles. The van der Waals surface area contributed by atoms with Crippen LogP contribution in [0.2, 0.25) is 5.02 Å². The lowest BCUT2D eigenvalue weighted by Crippen LogP contribution is -2.40. The lowest BCUT2D eigenvalue weighted by Gasteiger charge is -2.24. The van der Waals surface area contributed by atoms with Gasteiger partial charge in [0.15, 0.2) is 11.4 Å². The molecule has 0 atom stereocenters. The fraction of sp³-hybridized carbons (Fsp3) is 0.333. The minimum Gasteiger partial charge on any atom is -0.507 e. The number of halogens is 1. The highest BCUT2D eigenvalue weighted by atomic mass is 35.5. The van der Waals surface area contributed by atoms with Gasteiger partial charge in [0.1, 0.15) is 18.1 Å². The van der Waals surface area contributed by atoms with Crippen molar-refractivity contribution in [2.24, 2.45) is 0 Å². The van der Waals surface area contributed by atoms with Crippen LogP contribution in [0.3, 0.4) is 0 Å². The molecule has 6 nitrogen and oxygen atoms in total. The second kappa shape index (κ2) is 9.57. The van der Waals surface area contributed by atoms with Gasteiger partial charge in [-0.15, -0.1) is 0 Å². The fourth-order valence-electron chi connectivity index (χ4n) is 2.38. The molecule has 0 aromatic heterocycles. The molecule has 0 amide bonds. The zero-order valence-electron chi connectivity index (χ0n) is 16.0. The fourth-order valence-corrected chi connectivity index (χ4v) is 2.51. The van der Waals surface area contributed by atoms with Crippen molar-refractivity contribution in [3.8, 4) is 11.5 Å². The predicted molar refractivity (Wildman–Crippen MR) is 105 cm³/mol.